The number of rotatable bonds is 4. The lowest BCUT2D eigenvalue weighted by atomic mass is 10.2. The number of nitrogens with zero attached hydrogens (tertiary/aromatic N) is 3. The predicted octanol–water partition coefficient (Wildman–Crippen LogP) is 4.50. The van der Waals surface area contributed by atoms with Gasteiger partial charge in [-0.25, -0.2) is 0 Å². The van der Waals surface area contributed by atoms with Crippen molar-refractivity contribution in [2.75, 3.05) is 24.2 Å². The van der Waals surface area contributed by atoms with Gasteiger partial charge >= 0.3 is 0 Å². The summed E-state index contributed by atoms with van der Waals surface area (Å²) in [5.41, 5.74) is 1.23. The third kappa shape index (κ3) is 4.15. The van der Waals surface area contributed by atoms with Crippen molar-refractivity contribution in [2.45, 2.75) is 30.9 Å². The van der Waals surface area contributed by atoms with Crippen molar-refractivity contribution < 1.29 is 0 Å². The van der Waals surface area contributed by atoms with E-state index in [2.05, 4.69) is 33.5 Å². The van der Waals surface area contributed by atoms with Gasteiger partial charge in [0.15, 0.2) is 0 Å². The van der Waals surface area contributed by atoms with Gasteiger partial charge in [0.2, 0.25) is 5.13 Å². The van der Waals surface area contributed by atoms with Crippen molar-refractivity contribution in [3.63, 3.8) is 0 Å². The first-order valence-corrected chi connectivity index (χ1v) is 10.1. The van der Waals surface area contributed by atoms with Gasteiger partial charge in [-0.2, -0.15) is 11.8 Å². The summed E-state index contributed by atoms with van der Waals surface area (Å²) in [4.78, 5) is 2.41. The summed E-state index contributed by atoms with van der Waals surface area (Å²) < 4.78 is 0. The van der Waals surface area contributed by atoms with E-state index >= 15 is 0 Å². The average Bonchev–Trinajstić information content (AvgIpc) is 2.85. The van der Waals surface area contributed by atoms with Gasteiger partial charge in [-0.1, -0.05) is 41.5 Å². The smallest absolute Gasteiger partial charge is 0.208 e. The normalized spacial score (nSPS) is 19.2. The number of benzene rings is 1. The number of hydrogen-bond donors (Lipinski definition) is 0. The summed E-state index contributed by atoms with van der Waals surface area (Å²) in [6.07, 6.45) is 6.92. The van der Waals surface area contributed by atoms with Gasteiger partial charge in [0.05, 0.1) is 0 Å². The second-order valence-electron chi connectivity index (χ2n) is 5.58. The molecule has 0 aliphatic carbocycles. The Balaban J connectivity index is 1.68. The standard InChI is InChI=1S/C16H20ClN3S2/c1-21-14-4-2-3-9-20(11-14)16-19-18-15(22-16)10-12-5-7-13(17)8-6-12/h5-8,14H,2-4,9-11H2,1H3. The number of thioether (sulfide) groups is 1. The van der Waals surface area contributed by atoms with Crippen molar-refractivity contribution in [3.8, 4) is 0 Å². The molecule has 0 N–H and O–H groups in total. The zero-order valence-electron chi connectivity index (χ0n) is 12.7. The molecule has 1 aromatic carbocycles. The zero-order valence-corrected chi connectivity index (χ0v) is 15.1. The Kier molecular flexibility index (Phi) is 5.61. The minimum Gasteiger partial charge on any atom is -0.346 e. The molecule has 1 aromatic heterocycles. The van der Waals surface area contributed by atoms with Crippen LogP contribution in [0.2, 0.25) is 5.02 Å². The van der Waals surface area contributed by atoms with Crippen LogP contribution >= 0.6 is 34.7 Å². The number of aromatic nitrogens is 2. The molecule has 0 spiro atoms. The summed E-state index contributed by atoms with van der Waals surface area (Å²) in [7, 11) is 0. The Morgan fingerprint density at radius 1 is 1.27 bits per heavy atom. The molecule has 0 bridgehead atoms. The molecular weight excluding hydrogens is 334 g/mol. The van der Waals surface area contributed by atoms with E-state index in [1.807, 2.05) is 23.9 Å². The fraction of sp³-hybridized carbons (Fsp3) is 0.500. The summed E-state index contributed by atoms with van der Waals surface area (Å²) in [5.74, 6) is 0. The second-order valence-corrected chi connectivity index (χ2v) is 8.20. The summed E-state index contributed by atoms with van der Waals surface area (Å²) >= 11 is 9.62. The minimum atomic E-state index is 0.714. The monoisotopic (exact) mass is 353 g/mol. The molecule has 1 atom stereocenters. The van der Waals surface area contributed by atoms with Crippen molar-refractivity contribution in [2.24, 2.45) is 0 Å². The van der Waals surface area contributed by atoms with Gasteiger partial charge < -0.3 is 4.90 Å². The molecule has 1 aliphatic heterocycles. The van der Waals surface area contributed by atoms with Gasteiger partial charge in [0.25, 0.3) is 0 Å². The molecule has 2 heterocycles. The second kappa shape index (κ2) is 7.66. The van der Waals surface area contributed by atoms with Crippen molar-refractivity contribution in [1.29, 1.82) is 0 Å². The van der Waals surface area contributed by atoms with Crippen LogP contribution in [0.4, 0.5) is 5.13 Å². The molecule has 2 aromatic rings. The molecule has 1 unspecified atom stereocenters. The fourth-order valence-corrected chi connectivity index (χ4v) is 4.46. The topological polar surface area (TPSA) is 29.0 Å². The first-order chi connectivity index (χ1) is 10.7. The molecule has 0 saturated carbocycles. The zero-order chi connectivity index (χ0) is 15.4. The molecular formula is C16H20ClN3S2. The maximum Gasteiger partial charge on any atom is 0.208 e. The van der Waals surface area contributed by atoms with E-state index in [9.17, 15) is 0 Å². The Morgan fingerprint density at radius 2 is 2.09 bits per heavy atom. The van der Waals surface area contributed by atoms with Crippen LogP contribution in [0.15, 0.2) is 24.3 Å². The van der Waals surface area contributed by atoms with Crippen LogP contribution in [0.3, 0.4) is 0 Å². The predicted molar refractivity (Wildman–Crippen MR) is 97.5 cm³/mol. The maximum atomic E-state index is 5.93. The highest BCUT2D eigenvalue weighted by Crippen LogP contribution is 2.28. The molecule has 0 radical (unpaired) electrons. The molecule has 22 heavy (non-hydrogen) atoms. The third-order valence-corrected chi connectivity index (χ3v) is 6.24. The Hall–Kier alpha value is -0.780. The van der Waals surface area contributed by atoms with E-state index in [4.69, 9.17) is 11.6 Å². The number of hydrogen-bond acceptors (Lipinski definition) is 5. The van der Waals surface area contributed by atoms with E-state index in [1.165, 1.54) is 24.8 Å². The highest BCUT2D eigenvalue weighted by molar-refractivity contribution is 7.99. The van der Waals surface area contributed by atoms with Crippen molar-refractivity contribution in [1.82, 2.24) is 10.2 Å². The van der Waals surface area contributed by atoms with Crippen LogP contribution in [-0.4, -0.2) is 34.8 Å². The van der Waals surface area contributed by atoms with Crippen molar-refractivity contribution >= 4 is 39.8 Å². The first-order valence-electron chi connectivity index (χ1n) is 7.59. The fourth-order valence-electron chi connectivity index (χ4n) is 2.69. The summed E-state index contributed by atoms with van der Waals surface area (Å²) in [6, 6.07) is 7.96. The molecule has 118 valence electrons. The number of anilines is 1. The lowest BCUT2D eigenvalue weighted by Crippen LogP contribution is -2.29. The third-order valence-electron chi connectivity index (χ3n) is 3.96. The average molecular weight is 354 g/mol. The molecule has 1 saturated heterocycles. The Labute approximate surface area is 145 Å². The lowest BCUT2D eigenvalue weighted by molar-refractivity contribution is 0.736. The maximum absolute atomic E-state index is 5.93. The Bertz CT molecular complexity index is 600. The van der Waals surface area contributed by atoms with Crippen LogP contribution in [0.25, 0.3) is 0 Å². The van der Waals surface area contributed by atoms with Crippen molar-refractivity contribution in [3.05, 3.63) is 39.9 Å². The van der Waals surface area contributed by atoms with Gasteiger partial charge in [-0.15, -0.1) is 10.2 Å². The van der Waals surface area contributed by atoms with Crippen LogP contribution < -0.4 is 4.90 Å². The molecule has 1 fully saturated rings. The summed E-state index contributed by atoms with van der Waals surface area (Å²) in [5, 5.41) is 12.4. The Morgan fingerprint density at radius 3 is 2.86 bits per heavy atom. The van der Waals surface area contributed by atoms with Gasteiger partial charge in [-0.3, -0.25) is 0 Å². The van der Waals surface area contributed by atoms with Gasteiger partial charge in [0, 0.05) is 29.8 Å². The molecule has 3 rings (SSSR count). The SMILES string of the molecule is CSC1CCCCN(c2nnc(Cc3ccc(Cl)cc3)s2)C1. The largest absolute Gasteiger partial charge is 0.346 e. The molecule has 3 nitrogen and oxygen atoms in total. The summed E-state index contributed by atoms with van der Waals surface area (Å²) in [6.45, 7) is 2.20. The van der Waals surface area contributed by atoms with E-state index in [-0.39, 0.29) is 0 Å². The number of halogens is 1. The molecule has 1 aliphatic rings. The van der Waals surface area contributed by atoms with Crippen LogP contribution in [0.1, 0.15) is 29.8 Å². The van der Waals surface area contributed by atoms with Crippen LogP contribution in [0, 0.1) is 0 Å². The van der Waals surface area contributed by atoms with Crippen LogP contribution in [0.5, 0.6) is 0 Å². The van der Waals surface area contributed by atoms with E-state index in [1.54, 1.807) is 11.3 Å². The minimum absolute atomic E-state index is 0.714. The van der Waals surface area contributed by atoms with E-state index < -0.39 is 0 Å². The van der Waals surface area contributed by atoms with Gasteiger partial charge in [0.1, 0.15) is 5.01 Å². The van der Waals surface area contributed by atoms with Gasteiger partial charge in [-0.05, 0) is 36.8 Å². The van der Waals surface area contributed by atoms with Crippen LogP contribution in [-0.2, 0) is 6.42 Å². The lowest BCUT2D eigenvalue weighted by Gasteiger charge is -2.22. The highest BCUT2D eigenvalue weighted by Gasteiger charge is 2.20. The molecule has 6 heteroatoms. The van der Waals surface area contributed by atoms with E-state index in [0.717, 1.165) is 34.7 Å². The van der Waals surface area contributed by atoms with E-state index in [0.29, 0.717) is 5.25 Å². The first kappa shape index (κ1) is 16.1. The highest BCUT2D eigenvalue weighted by atomic mass is 35.5. The molecule has 0 amide bonds. The quantitative estimate of drug-likeness (QED) is 0.809.